The van der Waals surface area contributed by atoms with Crippen LogP contribution in [0.2, 0.25) is 0 Å². The lowest BCUT2D eigenvalue weighted by Crippen LogP contribution is -2.26. The van der Waals surface area contributed by atoms with Crippen LogP contribution in [0.1, 0.15) is 22.3 Å². The lowest BCUT2D eigenvalue weighted by Gasteiger charge is -2.32. The maximum absolute atomic E-state index is 7.36. The second kappa shape index (κ2) is 21.0. The summed E-state index contributed by atoms with van der Waals surface area (Å²) >= 11 is 0. The summed E-state index contributed by atoms with van der Waals surface area (Å²) in [6, 6.07) is 127. The zero-order valence-corrected chi connectivity index (χ0v) is 58.5. The van der Waals surface area contributed by atoms with Gasteiger partial charge in [0.15, 0.2) is 0 Å². The summed E-state index contributed by atoms with van der Waals surface area (Å²) in [4.78, 5) is 0. The van der Waals surface area contributed by atoms with E-state index < -0.39 is 5.41 Å². The fraction of sp³-hybridized carbons (Fsp3) is 0.00952. The molecule has 2 aliphatic rings. The first-order valence-electron chi connectivity index (χ1n) is 37.6. The molecule has 0 aliphatic heterocycles. The lowest BCUT2D eigenvalue weighted by atomic mass is 9.69. The molecule has 0 saturated heterocycles. The number of hydrogen-bond donors (Lipinski definition) is 0. The van der Waals surface area contributed by atoms with Crippen LogP contribution in [0, 0.1) is 0 Å². The number of furan rings is 4. The molecule has 0 fully saturated rings. The van der Waals surface area contributed by atoms with Crippen molar-refractivity contribution >= 4 is 174 Å². The average molecular weight is 1380 g/mol. The molecule has 4 nitrogen and oxygen atoms in total. The van der Waals surface area contributed by atoms with E-state index in [0.717, 1.165) is 197 Å². The van der Waals surface area contributed by atoms with Crippen LogP contribution in [0.15, 0.2) is 357 Å². The molecule has 0 atom stereocenters. The van der Waals surface area contributed by atoms with Crippen molar-refractivity contribution in [2.45, 2.75) is 5.41 Å². The van der Waals surface area contributed by atoms with E-state index >= 15 is 0 Å². The van der Waals surface area contributed by atoms with Crippen LogP contribution < -0.4 is 0 Å². The predicted molar refractivity (Wildman–Crippen MR) is 454 cm³/mol. The Morgan fingerprint density at radius 2 is 0.358 bits per heavy atom. The first kappa shape index (κ1) is 58.0. The number of rotatable bonds is 4. The quantitative estimate of drug-likeness (QED) is 0.176. The summed E-state index contributed by atoms with van der Waals surface area (Å²) in [5.74, 6) is 0. The third-order valence-corrected chi connectivity index (χ3v) is 24.8. The molecule has 4 aromatic heterocycles. The van der Waals surface area contributed by atoms with Crippen molar-refractivity contribution in [3.8, 4) is 66.8 Å². The van der Waals surface area contributed by atoms with Crippen molar-refractivity contribution in [1.29, 1.82) is 0 Å². The van der Waals surface area contributed by atoms with E-state index in [9.17, 15) is 0 Å². The second-order valence-electron chi connectivity index (χ2n) is 30.4. The van der Waals surface area contributed by atoms with Crippen molar-refractivity contribution in [1.82, 2.24) is 0 Å². The topological polar surface area (TPSA) is 52.6 Å². The van der Waals surface area contributed by atoms with Crippen molar-refractivity contribution in [2.24, 2.45) is 0 Å². The Labute approximate surface area is 621 Å². The van der Waals surface area contributed by atoms with Gasteiger partial charge in [0.05, 0.1) is 5.41 Å². The van der Waals surface area contributed by atoms with Crippen LogP contribution in [0.4, 0.5) is 0 Å². The van der Waals surface area contributed by atoms with Crippen molar-refractivity contribution in [2.75, 3.05) is 0 Å². The fourth-order valence-corrected chi connectivity index (χ4v) is 20.0. The minimum atomic E-state index is -0.973. The van der Waals surface area contributed by atoms with Gasteiger partial charge in [-0.05, 0) is 250 Å². The number of benzene rings is 20. The summed E-state index contributed by atoms with van der Waals surface area (Å²) in [5.41, 5.74) is 23.8. The standard InChI is InChI=1S/C105H56O4/c1-5-21-61-53-93-85(41-57(61)17-1)97-73-29-13-9-25-65(73)45-81(101(97)106-93)69-33-37-77-78-38-34-70(82-46-66-26-10-14-30-74(66)98-86-42-58-18-2-6-22-62(58)54-94(86)107-102(82)98)50-90(78)105(89(77)49-69)91-51-71(83-47-67-27-11-15-31-75(67)99-87-43-59-19-3-7-23-63(59)55-95(87)108-103(83)99)35-39-79(91)80-40-36-72(52-92(80)105)84-48-68-28-12-16-32-76(68)100-88-44-60-20-4-8-24-64(60)56-96(88)109-104(84)100/h1-56H. The maximum atomic E-state index is 7.36. The predicted octanol–water partition coefficient (Wildman–Crippen LogP) is 29.5. The summed E-state index contributed by atoms with van der Waals surface area (Å²) < 4.78 is 29.4. The molecule has 109 heavy (non-hydrogen) atoms. The number of hydrogen-bond acceptors (Lipinski definition) is 4. The maximum Gasteiger partial charge on any atom is 0.143 e. The Morgan fingerprint density at radius 3 is 0.587 bits per heavy atom. The molecular formula is C105H56O4. The van der Waals surface area contributed by atoms with Crippen molar-refractivity contribution < 1.29 is 17.7 Å². The van der Waals surface area contributed by atoms with Crippen LogP contribution >= 0.6 is 0 Å². The van der Waals surface area contributed by atoms with E-state index in [1.54, 1.807) is 0 Å². The van der Waals surface area contributed by atoms with Crippen molar-refractivity contribution in [3.05, 3.63) is 362 Å². The van der Waals surface area contributed by atoms with Crippen molar-refractivity contribution in [3.63, 3.8) is 0 Å². The third kappa shape index (κ3) is 7.80. The summed E-state index contributed by atoms with van der Waals surface area (Å²) in [5, 5.41) is 27.4. The van der Waals surface area contributed by atoms with Crippen LogP contribution in [-0.2, 0) is 5.41 Å². The Bertz CT molecular complexity index is 7340. The molecule has 4 heteroatoms. The van der Waals surface area contributed by atoms with E-state index in [2.05, 4.69) is 340 Å². The zero-order valence-electron chi connectivity index (χ0n) is 58.5. The van der Waals surface area contributed by atoms with Gasteiger partial charge >= 0.3 is 0 Å². The van der Waals surface area contributed by atoms with Gasteiger partial charge < -0.3 is 17.7 Å². The van der Waals surface area contributed by atoms with E-state index in [1.165, 1.54) is 66.1 Å². The van der Waals surface area contributed by atoms with Crippen LogP contribution in [0.25, 0.3) is 241 Å². The summed E-state index contributed by atoms with van der Waals surface area (Å²) in [7, 11) is 0. The molecule has 4 heterocycles. The molecule has 26 rings (SSSR count). The molecule has 0 unspecified atom stereocenters. The highest BCUT2D eigenvalue weighted by atomic mass is 16.3. The Hall–Kier alpha value is -14.3. The van der Waals surface area contributed by atoms with Gasteiger partial charge in [0.1, 0.15) is 44.7 Å². The SMILES string of the molecule is c1ccc2cc3c(cc2c1)oc1c(-c2ccc4c(c2)C2(c5cc(-c6cc7ccccc7c7c6oc6cc8ccccc8cc67)ccc5-4)c4cc(-c5cc6ccccc6c6c5oc5cc7ccccc7cc56)ccc4-c4ccc(-c5cc6ccccc6c6c5oc5cc7ccccc7cc56)cc42)cc2ccccc2c13. The van der Waals surface area contributed by atoms with Gasteiger partial charge in [0.25, 0.3) is 0 Å². The second-order valence-corrected chi connectivity index (χ2v) is 30.4. The van der Waals surface area contributed by atoms with E-state index in [4.69, 9.17) is 17.7 Å². The molecule has 20 aromatic carbocycles. The minimum Gasteiger partial charge on any atom is -0.455 e. The highest BCUT2D eigenvalue weighted by Crippen LogP contribution is 2.66. The minimum absolute atomic E-state index is 0.865. The van der Waals surface area contributed by atoms with E-state index in [0.29, 0.717) is 0 Å². The molecule has 500 valence electrons. The zero-order chi connectivity index (χ0) is 70.6. The Balaban J connectivity index is 0.799. The molecule has 0 N–H and O–H groups in total. The van der Waals surface area contributed by atoms with Crippen LogP contribution in [0.5, 0.6) is 0 Å². The highest BCUT2D eigenvalue weighted by molar-refractivity contribution is 6.29. The first-order chi connectivity index (χ1) is 53.9. The molecule has 24 aromatic rings. The highest BCUT2D eigenvalue weighted by Gasteiger charge is 2.53. The lowest BCUT2D eigenvalue weighted by molar-refractivity contribution is 0.670. The molecule has 0 amide bonds. The fourth-order valence-electron chi connectivity index (χ4n) is 20.0. The van der Waals surface area contributed by atoms with Gasteiger partial charge in [-0.2, -0.15) is 0 Å². The van der Waals surface area contributed by atoms with Gasteiger partial charge in [-0.15, -0.1) is 0 Å². The Morgan fingerprint density at radius 1 is 0.156 bits per heavy atom. The molecule has 0 bridgehead atoms. The van der Waals surface area contributed by atoms with Crippen LogP contribution in [-0.4, -0.2) is 0 Å². The largest absolute Gasteiger partial charge is 0.455 e. The van der Waals surface area contributed by atoms with Gasteiger partial charge in [-0.3, -0.25) is 0 Å². The summed E-state index contributed by atoms with van der Waals surface area (Å²) in [6.45, 7) is 0. The average Bonchev–Trinajstić information content (AvgIpc) is 1.45. The molecule has 0 radical (unpaired) electrons. The van der Waals surface area contributed by atoms with E-state index in [-0.39, 0.29) is 0 Å². The summed E-state index contributed by atoms with van der Waals surface area (Å²) in [6.07, 6.45) is 0. The molecule has 1 spiro atoms. The Kier molecular flexibility index (Phi) is 11.2. The van der Waals surface area contributed by atoms with Gasteiger partial charge in [-0.25, -0.2) is 0 Å². The van der Waals surface area contributed by atoms with Gasteiger partial charge in [-0.1, -0.05) is 243 Å². The molecule has 2 aliphatic carbocycles. The normalized spacial score (nSPS) is 13.2. The monoisotopic (exact) mass is 1380 g/mol. The molecule has 0 saturated carbocycles. The van der Waals surface area contributed by atoms with Gasteiger partial charge in [0, 0.05) is 65.3 Å². The molecular weight excluding hydrogens is 1330 g/mol. The van der Waals surface area contributed by atoms with Crippen LogP contribution in [0.3, 0.4) is 0 Å². The number of fused-ring (bicyclic) bond motifs is 34. The smallest absolute Gasteiger partial charge is 0.143 e. The van der Waals surface area contributed by atoms with E-state index in [1.807, 2.05) is 0 Å². The third-order valence-electron chi connectivity index (χ3n) is 24.8. The first-order valence-corrected chi connectivity index (χ1v) is 37.6. The van der Waals surface area contributed by atoms with Gasteiger partial charge in [0.2, 0.25) is 0 Å².